The van der Waals surface area contributed by atoms with E-state index in [1.54, 1.807) is 0 Å². The lowest BCUT2D eigenvalue weighted by Crippen LogP contribution is -2.49. The van der Waals surface area contributed by atoms with Crippen LogP contribution in [0.3, 0.4) is 0 Å². The van der Waals surface area contributed by atoms with E-state index in [-0.39, 0.29) is 5.60 Å². The number of aliphatic hydroxyl groups excluding tert-OH is 1. The summed E-state index contributed by atoms with van der Waals surface area (Å²) in [6, 6.07) is 7.36. The summed E-state index contributed by atoms with van der Waals surface area (Å²) in [5.41, 5.74) is 0.271. The van der Waals surface area contributed by atoms with Crippen LogP contribution in [-0.2, 0) is 8.85 Å². The van der Waals surface area contributed by atoms with E-state index in [4.69, 9.17) is 8.85 Å². The average Bonchev–Trinajstić information content (AvgIpc) is 3.24. The molecule has 3 nitrogen and oxygen atoms in total. The van der Waals surface area contributed by atoms with Crippen LogP contribution in [0.15, 0.2) is 0 Å². The van der Waals surface area contributed by atoms with Crippen LogP contribution in [0.1, 0.15) is 114 Å². The molecule has 2 rings (SSSR count). The molecule has 0 aromatic rings. The third kappa shape index (κ3) is 7.09. The monoisotopic (exact) mass is 540 g/mol. The Morgan fingerprint density at radius 2 is 1.44 bits per heavy atom. The molecular formula is C31H64O3Si2. The molecule has 2 fully saturated rings. The molecule has 0 saturated heterocycles. The van der Waals surface area contributed by atoms with E-state index in [2.05, 4.69) is 69.2 Å². The van der Waals surface area contributed by atoms with Crippen molar-refractivity contribution in [2.24, 2.45) is 29.1 Å². The minimum Gasteiger partial charge on any atom is -0.414 e. The van der Waals surface area contributed by atoms with Crippen molar-refractivity contribution < 1.29 is 14.0 Å². The highest BCUT2D eigenvalue weighted by molar-refractivity contribution is 6.74. The lowest BCUT2D eigenvalue weighted by atomic mass is 9.60. The van der Waals surface area contributed by atoms with Crippen LogP contribution >= 0.6 is 0 Å². The summed E-state index contributed by atoms with van der Waals surface area (Å²) >= 11 is 0. The van der Waals surface area contributed by atoms with Crippen LogP contribution in [0, 0.1) is 29.1 Å². The van der Waals surface area contributed by atoms with Crippen molar-refractivity contribution in [3.05, 3.63) is 0 Å². The van der Waals surface area contributed by atoms with Gasteiger partial charge >= 0.3 is 0 Å². The summed E-state index contributed by atoms with van der Waals surface area (Å²) < 4.78 is 14.1. The molecule has 0 aliphatic heterocycles. The number of aliphatic hydroxyl groups is 1. The largest absolute Gasteiger partial charge is 0.414 e. The van der Waals surface area contributed by atoms with E-state index in [9.17, 15) is 5.11 Å². The number of hydrogen-bond donors (Lipinski definition) is 1. The number of rotatable bonds is 16. The summed E-state index contributed by atoms with van der Waals surface area (Å²) in [5.74, 6) is 2.33. The second-order valence-electron chi connectivity index (χ2n) is 13.5. The maximum Gasteiger partial charge on any atom is 0.192 e. The Bertz CT molecular complexity index is 629. The zero-order valence-corrected chi connectivity index (χ0v) is 28.0. The van der Waals surface area contributed by atoms with Gasteiger partial charge in [0.25, 0.3) is 0 Å². The number of fused-ring (bicyclic) bond motifs is 1. The SMILES string of the molecule is CC[Si](CC)(CC)O[C@H]1CCC[C@]2(C)[C@@H]([C@@H](C)C(CO)CCC(C)(C)O[Si](CC)(CC)CC)CC[C@@H]12. The van der Waals surface area contributed by atoms with Crippen LogP contribution in [0.25, 0.3) is 0 Å². The molecule has 1 N–H and O–H groups in total. The summed E-state index contributed by atoms with van der Waals surface area (Å²) in [6.07, 6.45) is 9.15. The third-order valence-corrected chi connectivity index (χ3v) is 21.1. The minimum atomic E-state index is -1.63. The first-order valence-corrected chi connectivity index (χ1v) is 21.0. The van der Waals surface area contributed by atoms with Crippen molar-refractivity contribution in [2.45, 2.75) is 162 Å². The van der Waals surface area contributed by atoms with Crippen molar-refractivity contribution in [2.75, 3.05) is 6.61 Å². The van der Waals surface area contributed by atoms with E-state index < -0.39 is 16.6 Å². The molecule has 2 aliphatic rings. The van der Waals surface area contributed by atoms with Crippen molar-refractivity contribution in [3.63, 3.8) is 0 Å². The molecule has 0 aromatic heterocycles. The second kappa shape index (κ2) is 13.6. The summed E-state index contributed by atoms with van der Waals surface area (Å²) in [6.45, 7) is 24.0. The van der Waals surface area contributed by atoms with Gasteiger partial charge in [0.2, 0.25) is 0 Å². The first kappa shape index (κ1) is 32.5. The lowest BCUT2D eigenvalue weighted by molar-refractivity contribution is -0.0320. The first-order chi connectivity index (χ1) is 16.9. The molecule has 2 aliphatic carbocycles. The van der Waals surface area contributed by atoms with Gasteiger partial charge in [-0.2, -0.15) is 0 Å². The Morgan fingerprint density at radius 3 is 1.94 bits per heavy atom. The van der Waals surface area contributed by atoms with Gasteiger partial charge in [0.15, 0.2) is 16.6 Å². The van der Waals surface area contributed by atoms with Crippen LogP contribution in [0.4, 0.5) is 0 Å². The van der Waals surface area contributed by atoms with Crippen molar-refractivity contribution in [1.29, 1.82) is 0 Å². The molecule has 0 heterocycles. The normalized spacial score (nSPS) is 29.2. The third-order valence-electron chi connectivity index (χ3n) is 11.6. The quantitative estimate of drug-likeness (QED) is 0.198. The van der Waals surface area contributed by atoms with Gasteiger partial charge in [-0.05, 0) is 118 Å². The maximum atomic E-state index is 10.6. The first-order valence-electron chi connectivity index (χ1n) is 15.9. The highest BCUT2D eigenvalue weighted by Crippen LogP contribution is 2.60. The predicted octanol–water partition coefficient (Wildman–Crippen LogP) is 9.42. The van der Waals surface area contributed by atoms with Gasteiger partial charge in [0.05, 0.1) is 5.60 Å². The smallest absolute Gasteiger partial charge is 0.192 e. The summed E-state index contributed by atoms with van der Waals surface area (Å²) in [4.78, 5) is 0. The molecule has 6 atom stereocenters. The predicted molar refractivity (Wildman–Crippen MR) is 162 cm³/mol. The molecule has 0 amide bonds. The standard InChI is InChI=1S/C31H64O3Si2/c1-11-35(12-2,13-3)33-29-18-17-22-31(10)27(19-20-28(29)31)25(7)26(24-32)21-23-30(8,9)34-36(14-4,15-5)16-6/h25-29,32H,11-24H2,1-10H3/t25-,26?,27+,28-,29-,31+/m0/s1. The van der Waals surface area contributed by atoms with Crippen LogP contribution in [-0.4, -0.2) is 40.1 Å². The Kier molecular flexibility index (Phi) is 12.3. The van der Waals surface area contributed by atoms with Gasteiger partial charge in [0.1, 0.15) is 0 Å². The van der Waals surface area contributed by atoms with E-state index in [1.807, 2.05) is 0 Å². The molecule has 36 heavy (non-hydrogen) atoms. The fraction of sp³-hybridized carbons (Fsp3) is 1.00. The van der Waals surface area contributed by atoms with Gasteiger partial charge < -0.3 is 14.0 Å². The van der Waals surface area contributed by atoms with Gasteiger partial charge in [-0.25, -0.2) is 0 Å². The lowest BCUT2D eigenvalue weighted by Gasteiger charge is -2.49. The van der Waals surface area contributed by atoms with Crippen molar-refractivity contribution >= 4 is 16.6 Å². The molecule has 214 valence electrons. The van der Waals surface area contributed by atoms with Gasteiger partial charge in [-0.3, -0.25) is 0 Å². The van der Waals surface area contributed by atoms with Crippen LogP contribution < -0.4 is 0 Å². The summed E-state index contributed by atoms with van der Waals surface area (Å²) in [5, 5.41) is 10.6. The highest BCUT2D eigenvalue weighted by Gasteiger charge is 2.54. The summed E-state index contributed by atoms with van der Waals surface area (Å²) in [7, 11) is -3.22. The van der Waals surface area contributed by atoms with Gasteiger partial charge in [-0.1, -0.05) is 61.8 Å². The van der Waals surface area contributed by atoms with E-state index >= 15 is 0 Å². The zero-order chi connectivity index (χ0) is 27.2. The zero-order valence-electron chi connectivity index (χ0n) is 26.0. The number of hydrogen-bond acceptors (Lipinski definition) is 3. The van der Waals surface area contributed by atoms with Crippen molar-refractivity contribution in [1.82, 2.24) is 0 Å². The van der Waals surface area contributed by atoms with E-state index in [1.165, 1.54) is 68.4 Å². The topological polar surface area (TPSA) is 38.7 Å². The Hall–Kier alpha value is 0.314. The maximum absolute atomic E-state index is 10.6. The minimum absolute atomic E-state index is 0.0955. The van der Waals surface area contributed by atoms with Crippen LogP contribution in [0.5, 0.6) is 0 Å². The molecule has 1 unspecified atom stereocenters. The molecule has 0 spiro atoms. The molecular weight excluding hydrogens is 477 g/mol. The highest BCUT2D eigenvalue weighted by atomic mass is 28.4. The molecule has 0 radical (unpaired) electrons. The molecule has 0 bridgehead atoms. The Morgan fingerprint density at radius 1 is 0.889 bits per heavy atom. The van der Waals surface area contributed by atoms with Gasteiger partial charge in [0, 0.05) is 12.7 Å². The van der Waals surface area contributed by atoms with Gasteiger partial charge in [-0.15, -0.1) is 0 Å². The molecule has 0 aromatic carbocycles. The molecule has 2 saturated carbocycles. The van der Waals surface area contributed by atoms with E-state index in [0.29, 0.717) is 41.8 Å². The molecule has 5 heteroatoms. The van der Waals surface area contributed by atoms with E-state index in [0.717, 1.165) is 12.8 Å². The fourth-order valence-electron chi connectivity index (χ4n) is 8.47. The second-order valence-corrected chi connectivity index (χ2v) is 22.9. The van der Waals surface area contributed by atoms with Crippen LogP contribution in [0.2, 0.25) is 36.3 Å². The Labute approximate surface area is 228 Å². The Balaban J connectivity index is 2.11. The fourth-order valence-corrected chi connectivity index (χ4v) is 14.6. The van der Waals surface area contributed by atoms with Crippen molar-refractivity contribution in [3.8, 4) is 0 Å². The average molecular weight is 541 g/mol.